The van der Waals surface area contributed by atoms with Gasteiger partial charge in [-0.2, -0.15) is 0 Å². The second-order valence-electron chi connectivity index (χ2n) is 5.54. The van der Waals surface area contributed by atoms with Gasteiger partial charge in [0.05, 0.1) is 0 Å². The van der Waals surface area contributed by atoms with Gasteiger partial charge in [-0.1, -0.05) is 48.4 Å². The van der Waals surface area contributed by atoms with Gasteiger partial charge in [0.2, 0.25) is 0 Å². The highest BCUT2D eigenvalue weighted by Crippen LogP contribution is 2.14. The van der Waals surface area contributed by atoms with E-state index in [4.69, 9.17) is 5.73 Å². The van der Waals surface area contributed by atoms with Crippen LogP contribution in [0.3, 0.4) is 0 Å². The van der Waals surface area contributed by atoms with Gasteiger partial charge in [-0.05, 0) is 43.7 Å². The van der Waals surface area contributed by atoms with Gasteiger partial charge in [-0.3, -0.25) is 4.90 Å². The van der Waals surface area contributed by atoms with E-state index < -0.39 is 0 Å². The lowest BCUT2D eigenvalue weighted by molar-refractivity contribution is 0.271. The first kappa shape index (κ1) is 14.6. The number of nitrogens with two attached hydrogens (primary N) is 1. The first-order chi connectivity index (χ1) is 9.56. The molecule has 2 rings (SSSR count). The van der Waals surface area contributed by atoms with Crippen molar-refractivity contribution < 1.29 is 0 Å². The summed E-state index contributed by atoms with van der Waals surface area (Å²) in [5.74, 6) is 0. The number of nitrogen functional groups attached to an aromatic ring is 1. The van der Waals surface area contributed by atoms with Crippen LogP contribution in [0.2, 0.25) is 0 Å². The largest absolute Gasteiger partial charge is 0.399 e. The van der Waals surface area contributed by atoms with Crippen LogP contribution in [-0.4, -0.2) is 11.4 Å². The van der Waals surface area contributed by atoms with E-state index in [2.05, 4.69) is 56.0 Å². The average molecular weight is 268 g/mol. The molecule has 0 amide bonds. The molecule has 0 saturated heterocycles. The van der Waals surface area contributed by atoms with Gasteiger partial charge in [-0.25, -0.2) is 0 Å². The van der Waals surface area contributed by atoms with Crippen molar-refractivity contribution in [2.45, 2.75) is 33.9 Å². The smallest absolute Gasteiger partial charge is 0.0317 e. The third-order valence-corrected chi connectivity index (χ3v) is 3.49. The maximum atomic E-state index is 5.85. The van der Waals surface area contributed by atoms with Crippen LogP contribution in [0.4, 0.5) is 5.69 Å². The fourth-order valence-electron chi connectivity index (χ4n) is 2.65. The van der Waals surface area contributed by atoms with Crippen molar-refractivity contribution in [1.29, 1.82) is 0 Å². The summed E-state index contributed by atoms with van der Waals surface area (Å²) in [6.07, 6.45) is 0. The summed E-state index contributed by atoms with van der Waals surface area (Å²) < 4.78 is 0. The van der Waals surface area contributed by atoms with E-state index in [1.165, 1.54) is 22.3 Å². The minimum atomic E-state index is 0.838. The Labute approximate surface area is 122 Å². The molecule has 0 radical (unpaired) electrons. The highest BCUT2D eigenvalue weighted by molar-refractivity contribution is 5.40. The topological polar surface area (TPSA) is 29.3 Å². The molecule has 0 unspecified atom stereocenters. The van der Waals surface area contributed by atoms with Crippen LogP contribution >= 0.6 is 0 Å². The summed E-state index contributed by atoms with van der Waals surface area (Å²) in [6, 6.07) is 14.9. The molecule has 2 N–H and O–H groups in total. The normalized spacial score (nSPS) is 11.0. The molecule has 0 heterocycles. The molecule has 0 aliphatic rings. The Morgan fingerprint density at radius 3 is 2.15 bits per heavy atom. The van der Waals surface area contributed by atoms with Gasteiger partial charge in [-0.15, -0.1) is 0 Å². The molecule has 0 aromatic heterocycles. The van der Waals surface area contributed by atoms with Gasteiger partial charge in [0.1, 0.15) is 0 Å². The zero-order valence-corrected chi connectivity index (χ0v) is 12.7. The van der Waals surface area contributed by atoms with Crippen LogP contribution in [0, 0.1) is 13.8 Å². The summed E-state index contributed by atoms with van der Waals surface area (Å²) >= 11 is 0. The van der Waals surface area contributed by atoms with Crippen molar-refractivity contribution in [2.24, 2.45) is 0 Å². The summed E-state index contributed by atoms with van der Waals surface area (Å²) in [7, 11) is 0. The molecule has 20 heavy (non-hydrogen) atoms. The van der Waals surface area contributed by atoms with E-state index in [-0.39, 0.29) is 0 Å². The Bertz CT molecular complexity index is 555. The number of benzene rings is 2. The van der Waals surface area contributed by atoms with Gasteiger partial charge in [0, 0.05) is 18.8 Å². The van der Waals surface area contributed by atoms with Gasteiger partial charge >= 0.3 is 0 Å². The molecule has 2 aromatic rings. The maximum absolute atomic E-state index is 5.85. The number of rotatable bonds is 5. The van der Waals surface area contributed by atoms with E-state index in [9.17, 15) is 0 Å². The Morgan fingerprint density at radius 2 is 1.55 bits per heavy atom. The Morgan fingerprint density at radius 1 is 0.900 bits per heavy atom. The summed E-state index contributed by atoms with van der Waals surface area (Å²) in [6.45, 7) is 9.47. The molecule has 2 aromatic carbocycles. The fourth-order valence-corrected chi connectivity index (χ4v) is 2.65. The van der Waals surface area contributed by atoms with Crippen LogP contribution in [-0.2, 0) is 13.1 Å². The zero-order valence-electron chi connectivity index (χ0n) is 12.7. The number of aryl methyl sites for hydroxylation is 2. The molecule has 2 nitrogen and oxygen atoms in total. The third kappa shape index (κ3) is 4.10. The van der Waals surface area contributed by atoms with Crippen molar-refractivity contribution in [1.82, 2.24) is 4.90 Å². The van der Waals surface area contributed by atoms with E-state index in [1.54, 1.807) is 0 Å². The number of nitrogens with zero attached hydrogens (tertiary/aromatic N) is 1. The summed E-state index contributed by atoms with van der Waals surface area (Å²) in [5.41, 5.74) is 12.0. The standard InChI is InChI=1S/C18H24N2/c1-4-20(12-16-6-5-7-18(19)11-16)13-17-9-14(2)8-15(3)10-17/h5-11H,4,12-13,19H2,1-3H3. The van der Waals surface area contributed by atoms with Crippen LogP contribution in [0.5, 0.6) is 0 Å². The molecular formula is C18H24N2. The highest BCUT2D eigenvalue weighted by atomic mass is 15.1. The number of hydrogen-bond donors (Lipinski definition) is 1. The summed E-state index contributed by atoms with van der Waals surface area (Å²) in [5, 5.41) is 0. The number of anilines is 1. The molecule has 2 heteroatoms. The molecule has 0 spiro atoms. The molecule has 0 saturated carbocycles. The lowest BCUT2D eigenvalue weighted by Gasteiger charge is -2.21. The molecule has 0 atom stereocenters. The van der Waals surface area contributed by atoms with Gasteiger partial charge < -0.3 is 5.73 Å². The molecule has 0 aliphatic heterocycles. The molecule has 0 bridgehead atoms. The van der Waals surface area contributed by atoms with E-state index in [0.29, 0.717) is 0 Å². The molecule has 106 valence electrons. The Hall–Kier alpha value is -1.80. The van der Waals surface area contributed by atoms with E-state index >= 15 is 0 Å². The monoisotopic (exact) mass is 268 g/mol. The van der Waals surface area contributed by atoms with Gasteiger partial charge in [0.25, 0.3) is 0 Å². The van der Waals surface area contributed by atoms with Crippen molar-refractivity contribution in [2.75, 3.05) is 12.3 Å². The van der Waals surface area contributed by atoms with Crippen molar-refractivity contribution in [3.63, 3.8) is 0 Å². The number of hydrogen-bond acceptors (Lipinski definition) is 2. The average Bonchev–Trinajstić information content (AvgIpc) is 2.36. The predicted octanol–water partition coefficient (Wildman–Crippen LogP) is 3.91. The maximum Gasteiger partial charge on any atom is 0.0317 e. The predicted molar refractivity (Wildman–Crippen MR) is 86.6 cm³/mol. The van der Waals surface area contributed by atoms with Crippen LogP contribution in [0.25, 0.3) is 0 Å². The van der Waals surface area contributed by atoms with E-state index in [1.807, 2.05) is 12.1 Å². The minimum Gasteiger partial charge on any atom is -0.399 e. The molecule has 0 aliphatic carbocycles. The Balaban J connectivity index is 2.09. The van der Waals surface area contributed by atoms with Crippen LogP contribution in [0.15, 0.2) is 42.5 Å². The molecule has 0 fully saturated rings. The van der Waals surface area contributed by atoms with Crippen molar-refractivity contribution >= 4 is 5.69 Å². The lowest BCUT2D eigenvalue weighted by Crippen LogP contribution is -2.22. The van der Waals surface area contributed by atoms with Crippen molar-refractivity contribution in [3.05, 3.63) is 64.7 Å². The van der Waals surface area contributed by atoms with Crippen molar-refractivity contribution in [3.8, 4) is 0 Å². The molecular weight excluding hydrogens is 244 g/mol. The van der Waals surface area contributed by atoms with Gasteiger partial charge in [0.15, 0.2) is 0 Å². The first-order valence-corrected chi connectivity index (χ1v) is 7.20. The fraction of sp³-hybridized carbons (Fsp3) is 0.333. The highest BCUT2D eigenvalue weighted by Gasteiger charge is 2.06. The van der Waals surface area contributed by atoms with Crippen LogP contribution < -0.4 is 5.73 Å². The van der Waals surface area contributed by atoms with Crippen LogP contribution in [0.1, 0.15) is 29.2 Å². The first-order valence-electron chi connectivity index (χ1n) is 7.20. The second-order valence-corrected chi connectivity index (χ2v) is 5.54. The Kier molecular flexibility index (Phi) is 4.80. The third-order valence-electron chi connectivity index (χ3n) is 3.49. The minimum absolute atomic E-state index is 0.838. The quantitative estimate of drug-likeness (QED) is 0.833. The lowest BCUT2D eigenvalue weighted by atomic mass is 10.1. The van der Waals surface area contributed by atoms with E-state index in [0.717, 1.165) is 25.3 Å². The SMILES string of the molecule is CCN(Cc1cc(C)cc(C)c1)Cc1cccc(N)c1. The summed E-state index contributed by atoms with van der Waals surface area (Å²) in [4.78, 5) is 2.43. The second kappa shape index (κ2) is 6.58. The zero-order chi connectivity index (χ0) is 14.5.